The smallest absolute Gasteiger partial charge is 0.315 e. The van der Waals surface area contributed by atoms with E-state index in [4.69, 9.17) is 5.14 Å². The van der Waals surface area contributed by atoms with E-state index in [2.05, 4.69) is 10.6 Å². The fourth-order valence-electron chi connectivity index (χ4n) is 2.19. The van der Waals surface area contributed by atoms with Crippen LogP contribution in [0.5, 0.6) is 0 Å². The van der Waals surface area contributed by atoms with E-state index in [1.165, 1.54) is 25.0 Å². The van der Waals surface area contributed by atoms with E-state index in [0.717, 1.165) is 5.56 Å². The van der Waals surface area contributed by atoms with Crippen LogP contribution in [-0.2, 0) is 10.0 Å². The van der Waals surface area contributed by atoms with Crippen LogP contribution in [0.2, 0.25) is 0 Å². The Balaban J connectivity index is 1.93. The quantitative estimate of drug-likeness (QED) is 0.768. The molecule has 0 radical (unpaired) electrons. The van der Waals surface area contributed by atoms with E-state index in [9.17, 15) is 13.2 Å². The van der Waals surface area contributed by atoms with Crippen LogP contribution in [-0.4, -0.2) is 20.5 Å². The van der Waals surface area contributed by atoms with Crippen molar-refractivity contribution in [3.63, 3.8) is 0 Å². The highest BCUT2D eigenvalue weighted by atomic mass is 32.2. The van der Waals surface area contributed by atoms with E-state index in [0.29, 0.717) is 5.92 Å². The molecule has 0 aliphatic heterocycles. The lowest BCUT2D eigenvalue weighted by Gasteiger charge is -2.18. The Morgan fingerprint density at radius 3 is 2.24 bits per heavy atom. The first kappa shape index (κ1) is 15.8. The SMILES string of the molecule is CC(NC(=O)NC(C)C1CC1)c1ccc(S(N)(=O)=O)cc1. The summed E-state index contributed by atoms with van der Waals surface area (Å²) in [7, 11) is -3.69. The standard InChI is InChI=1S/C14H21N3O3S/c1-9(11-3-4-11)16-14(18)17-10(2)12-5-7-13(8-6-12)21(15,19)20/h5-11H,3-4H2,1-2H3,(H2,15,19,20)(H2,16,17,18). The fraction of sp³-hybridized carbons (Fsp3) is 0.500. The first-order valence-corrected chi connectivity index (χ1v) is 8.52. The number of nitrogens with one attached hydrogen (secondary N) is 2. The third-order valence-electron chi connectivity index (χ3n) is 3.74. The Morgan fingerprint density at radius 2 is 1.76 bits per heavy atom. The molecule has 1 aromatic rings. The summed E-state index contributed by atoms with van der Waals surface area (Å²) in [4.78, 5) is 11.9. The molecule has 1 aromatic carbocycles. The summed E-state index contributed by atoms with van der Waals surface area (Å²) in [6, 6.07) is 5.93. The monoisotopic (exact) mass is 311 g/mol. The molecule has 1 saturated carbocycles. The zero-order valence-corrected chi connectivity index (χ0v) is 13.0. The summed E-state index contributed by atoms with van der Waals surface area (Å²) < 4.78 is 22.4. The van der Waals surface area contributed by atoms with Crippen molar-refractivity contribution in [3.8, 4) is 0 Å². The second-order valence-corrected chi connectivity index (χ2v) is 7.14. The second kappa shape index (κ2) is 6.03. The number of hydrogen-bond acceptors (Lipinski definition) is 3. The van der Waals surface area contributed by atoms with Crippen LogP contribution in [0.15, 0.2) is 29.2 Å². The number of rotatable bonds is 5. The van der Waals surface area contributed by atoms with Gasteiger partial charge in [-0.15, -0.1) is 0 Å². The number of urea groups is 1. The summed E-state index contributed by atoms with van der Waals surface area (Å²) in [5.41, 5.74) is 0.816. The maximum absolute atomic E-state index is 11.9. The minimum absolute atomic E-state index is 0.0604. The normalized spacial score (nSPS) is 17.9. The number of carbonyl (C=O) groups excluding carboxylic acids is 1. The van der Waals surface area contributed by atoms with E-state index in [1.807, 2.05) is 13.8 Å². The predicted molar refractivity (Wildman–Crippen MR) is 80.1 cm³/mol. The van der Waals surface area contributed by atoms with Crippen molar-refractivity contribution >= 4 is 16.1 Å². The lowest BCUT2D eigenvalue weighted by Crippen LogP contribution is -2.42. The summed E-state index contributed by atoms with van der Waals surface area (Å²) in [6.07, 6.45) is 2.35. The van der Waals surface area contributed by atoms with Gasteiger partial charge in [0.15, 0.2) is 0 Å². The van der Waals surface area contributed by atoms with E-state index >= 15 is 0 Å². The van der Waals surface area contributed by atoms with Crippen LogP contribution in [0.3, 0.4) is 0 Å². The van der Waals surface area contributed by atoms with Gasteiger partial charge >= 0.3 is 6.03 Å². The van der Waals surface area contributed by atoms with Crippen molar-refractivity contribution in [1.82, 2.24) is 10.6 Å². The minimum atomic E-state index is -3.69. The predicted octanol–water partition coefficient (Wildman–Crippen LogP) is 1.49. The third-order valence-corrected chi connectivity index (χ3v) is 4.67. The Labute approximate surface area is 125 Å². The summed E-state index contributed by atoms with van der Waals surface area (Å²) in [5, 5.41) is 10.8. The average molecular weight is 311 g/mol. The van der Waals surface area contributed by atoms with Gasteiger partial charge in [0.05, 0.1) is 10.9 Å². The zero-order valence-electron chi connectivity index (χ0n) is 12.2. The molecule has 0 spiro atoms. The van der Waals surface area contributed by atoms with Gasteiger partial charge in [-0.2, -0.15) is 0 Å². The van der Waals surface area contributed by atoms with Crippen LogP contribution in [0.4, 0.5) is 4.79 Å². The largest absolute Gasteiger partial charge is 0.335 e. The van der Waals surface area contributed by atoms with Crippen molar-refractivity contribution in [3.05, 3.63) is 29.8 Å². The van der Waals surface area contributed by atoms with Crippen molar-refractivity contribution in [1.29, 1.82) is 0 Å². The van der Waals surface area contributed by atoms with Crippen molar-refractivity contribution in [2.45, 2.75) is 43.7 Å². The van der Waals surface area contributed by atoms with Crippen molar-refractivity contribution in [2.75, 3.05) is 0 Å². The Kier molecular flexibility index (Phi) is 4.53. The first-order valence-electron chi connectivity index (χ1n) is 6.97. The Bertz CT molecular complexity index is 609. The lowest BCUT2D eigenvalue weighted by atomic mass is 10.1. The number of nitrogens with two attached hydrogens (primary N) is 1. The number of carbonyl (C=O) groups is 1. The molecule has 116 valence electrons. The zero-order chi connectivity index (χ0) is 15.6. The van der Waals surface area contributed by atoms with Crippen LogP contribution < -0.4 is 15.8 Å². The lowest BCUT2D eigenvalue weighted by molar-refractivity contribution is 0.233. The maximum Gasteiger partial charge on any atom is 0.315 e. The van der Waals surface area contributed by atoms with Crippen LogP contribution >= 0.6 is 0 Å². The van der Waals surface area contributed by atoms with Gasteiger partial charge in [-0.05, 0) is 50.3 Å². The first-order chi connectivity index (χ1) is 9.77. The fourth-order valence-corrected chi connectivity index (χ4v) is 2.70. The van der Waals surface area contributed by atoms with E-state index in [1.54, 1.807) is 12.1 Å². The molecular weight excluding hydrogens is 290 g/mol. The highest BCUT2D eigenvalue weighted by Gasteiger charge is 2.29. The topological polar surface area (TPSA) is 101 Å². The van der Waals surface area contributed by atoms with Gasteiger partial charge in [-0.25, -0.2) is 18.4 Å². The molecule has 2 amide bonds. The van der Waals surface area contributed by atoms with Gasteiger partial charge in [-0.3, -0.25) is 0 Å². The van der Waals surface area contributed by atoms with Crippen molar-refractivity contribution in [2.24, 2.45) is 11.1 Å². The molecule has 1 aliphatic rings. The molecule has 2 atom stereocenters. The molecule has 4 N–H and O–H groups in total. The molecule has 7 heteroatoms. The molecule has 0 saturated heterocycles. The number of hydrogen-bond donors (Lipinski definition) is 3. The molecule has 21 heavy (non-hydrogen) atoms. The molecule has 6 nitrogen and oxygen atoms in total. The highest BCUT2D eigenvalue weighted by molar-refractivity contribution is 7.89. The Hall–Kier alpha value is -1.60. The van der Waals surface area contributed by atoms with Crippen molar-refractivity contribution < 1.29 is 13.2 Å². The summed E-state index contributed by atoms with van der Waals surface area (Å²) >= 11 is 0. The van der Waals surface area contributed by atoms with Gasteiger partial charge in [0.2, 0.25) is 10.0 Å². The van der Waals surface area contributed by atoms with Gasteiger partial charge in [-0.1, -0.05) is 12.1 Å². The van der Waals surface area contributed by atoms with Gasteiger partial charge in [0.1, 0.15) is 0 Å². The van der Waals surface area contributed by atoms with E-state index in [-0.39, 0.29) is 23.0 Å². The maximum atomic E-state index is 11.9. The van der Waals surface area contributed by atoms with Gasteiger partial charge in [0.25, 0.3) is 0 Å². The van der Waals surface area contributed by atoms with Gasteiger partial charge < -0.3 is 10.6 Å². The Morgan fingerprint density at radius 1 is 1.19 bits per heavy atom. The number of benzene rings is 1. The molecule has 1 fully saturated rings. The van der Waals surface area contributed by atoms with Crippen LogP contribution in [0.25, 0.3) is 0 Å². The number of sulfonamides is 1. The molecule has 2 unspecified atom stereocenters. The molecule has 0 bridgehead atoms. The molecule has 0 aromatic heterocycles. The second-order valence-electron chi connectivity index (χ2n) is 5.58. The molecule has 1 aliphatic carbocycles. The average Bonchev–Trinajstić information content (AvgIpc) is 3.21. The minimum Gasteiger partial charge on any atom is -0.335 e. The molecule has 0 heterocycles. The number of primary sulfonamides is 1. The number of amides is 2. The van der Waals surface area contributed by atoms with Crippen LogP contribution in [0.1, 0.15) is 38.3 Å². The highest BCUT2D eigenvalue weighted by Crippen LogP contribution is 2.32. The van der Waals surface area contributed by atoms with Crippen LogP contribution in [0, 0.1) is 5.92 Å². The summed E-state index contributed by atoms with van der Waals surface area (Å²) in [5.74, 6) is 0.597. The molecule has 2 rings (SSSR count). The summed E-state index contributed by atoms with van der Waals surface area (Å²) in [6.45, 7) is 3.84. The van der Waals surface area contributed by atoms with E-state index < -0.39 is 10.0 Å². The van der Waals surface area contributed by atoms with Gasteiger partial charge in [0, 0.05) is 6.04 Å². The third kappa shape index (κ3) is 4.44. The molecular formula is C14H21N3O3S.